The molecule has 0 unspecified atom stereocenters. The zero-order valence-corrected chi connectivity index (χ0v) is 11.6. The summed E-state index contributed by atoms with van der Waals surface area (Å²) in [6.45, 7) is 7.04. The number of carbonyl (C=O) groups is 1. The lowest BCUT2D eigenvalue weighted by atomic mass is 10.1. The minimum absolute atomic E-state index is 0.0372. The number of rotatable bonds is 7. The van der Waals surface area contributed by atoms with Crippen LogP contribution in [0.1, 0.15) is 24.2 Å². The Balaban J connectivity index is 2.62. The molecule has 0 aliphatic rings. The van der Waals surface area contributed by atoms with Crippen LogP contribution in [0.25, 0.3) is 0 Å². The monoisotopic (exact) mass is 281 g/mol. The smallest absolute Gasteiger partial charge is 0.273 e. The lowest BCUT2D eigenvalue weighted by Crippen LogP contribution is -2.34. The second kappa shape index (κ2) is 7.44. The molecule has 1 aromatic carbocycles. The number of nitro groups is 1. The molecule has 0 saturated heterocycles. The first-order valence-corrected chi connectivity index (χ1v) is 6.47. The highest BCUT2D eigenvalue weighted by Crippen LogP contribution is 2.23. The summed E-state index contributed by atoms with van der Waals surface area (Å²) in [4.78, 5) is 23.9. The van der Waals surface area contributed by atoms with Crippen molar-refractivity contribution in [2.75, 3.05) is 26.2 Å². The molecule has 20 heavy (non-hydrogen) atoms. The summed E-state index contributed by atoms with van der Waals surface area (Å²) >= 11 is 0. The van der Waals surface area contributed by atoms with Gasteiger partial charge >= 0.3 is 0 Å². The largest absolute Gasteiger partial charge is 0.507 e. The van der Waals surface area contributed by atoms with Crippen LogP contribution in [0.2, 0.25) is 0 Å². The summed E-state index contributed by atoms with van der Waals surface area (Å²) in [5.74, 6) is -0.830. The minimum atomic E-state index is -0.623. The van der Waals surface area contributed by atoms with Gasteiger partial charge in [0.05, 0.1) is 16.6 Å². The van der Waals surface area contributed by atoms with E-state index in [1.54, 1.807) is 0 Å². The summed E-state index contributed by atoms with van der Waals surface area (Å²) in [7, 11) is 0. The van der Waals surface area contributed by atoms with Crippen molar-refractivity contribution in [3.8, 4) is 5.75 Å². The van der Waals surface area contributed by atoms with Gasteiger partial charge in [-0.2, -0.15) is 0 Å². The molecular formula is C13H19N3O4. The van der Waals surface area contributed by atoms with Gasteiger partial charge in [-0.05, 0) is 19.2 Å². The highest BCUT2D eigenvalue weighted by atomic mass is 16.6. The van der Waals surface area contributed by atoms with Crippen molar-refractivity contribution < 1.29 is 14.8 Å². The molecule has 0 heterocycles. The Labute approximate surface area is 117 Å². The van der Waals surface area contributed by atoms with Crippen molar-refractivity contribution in [2.45, 2.75) is 13.8 Å². The second-order valence-electron chi connectivity index (χ2n) is 4.24. The molecule has 1 amide bonds. The molecule has 0 aliphatic carbocycles. The molecule has 0 aliphatic heterocycles. The van der Waals surface area contributed by atoms with Crippen LogP contribution in [0.15, 0.2) is 18.2 Å². The Morgan fingerprint density at radius 3 is 2.55 bits per heavy atom. The van der Waals surface area contributed by atoms with Crippen LogP contribution in [0.3, 0.4) is 0 Å². The Morgan fingerprint density at radius 1 is 1.40 bits per heavy atom. The molecule has 7 heteroatoms. The summed E-state index contributed by atoms with van der Waals surface area (Å²) in [5, 5.41) is 22.8. The van der Waals surface area contributed by atoms with Gasteiger partial charge < -0.3 is 15.3 Å². The van der Waals surface area contributed by atoms with Gasteiger partial charge in [0.15, 0.2) is 0 Å². The fourth-order valence-electron chi connectivity index (χ4n) is 1.79. The SMILES string of the molecule is CCN(CC)CCNC(=O)c1ccc([N+](=O)[O-])cc1O. The second-order valence-corrected chi connectivity index (χ2v) is 4.24. The zero-order chi connectivity index (χ0) is 15.1. The van der Waals surface area contributed by atoms with Crippen LogP contribution >= 0.6 is 0 Å². The number of hydrogen-bond donors (Lipinski definition) is 2. The molecule has 2 N–H and O–H groups in total. The molecule has 110 valence electrons. The molecule has 0 bridgehead atoms. The third-order valence-electron chi connectivity index (χ3n) is 3.04. The number of likely N-dealkylation sites (N-methyl/N-ethyl adjacent to an activating group) is 1. The van der Waals surface area contributed by atoms with Crippen molar-refractivity contribution in [3.05, 3.63) is 33.9 Å². The van der Waals surface area contributed by atoms with E-state index >= 15 is 0 Å². The summed E-state index contributed by atoms with van der Waals surface area (Å²) in [5.41, 5.74) is -0.211. The first-order valence-electron chi connectivity index (χ1n) is 6.47. The van der Waals surface area contributed by atoms with Gasteiger partial charge in [-0.1, -0.05) is 13.8 Å². The van der Waals surface area contributed by atoms with E-state index in [9.17, 15) is 20.0 Å². The lowest BCUT2D eigenvalue weighted by Gasteiger charge is -2.18. The van der Waals surface area contributed by atoms with Crippen molar-refractivity contribution in [1.29, 1.82) is 0 Å². The number of carbonyl (C=O) groups excluding carboxylic acids is 1. The molecule has 0 saturated carbocycles. The number of nitrogens with one attached hydrogen (secondary N) is 1. The van der Waals surface area contributed by atoms with Crippen LogP contribution < -0.4 is 5.32 Å². The maximum absolute atomic E-state index is 11.8. The lowest BCUT2D eigenvalue weighted by molar-refractivity contribution is -0.384. The van der Waals surface area contributed by atoms with Crippen LogP contribution in [-0.4, -0.2) is 47.0 Å². The Morgan fingerprint density at radius 2 is 2.05 bits per heavy atom. The zero-order valence-electron chi connectivity index (χ0n) is 11.6. The normalized spacial score (nSPS) is 10.6. The maximum Gasteiger partial charge on any atom is 0.273 e. The van der Waals surface area contributed by atoms with Crippen molar-refractivity contribution in [3.63, 3.8) is 0 Å². The molecule has 0 radical (unpaired) electrons. The van der Waals surface area contributed by atoms with E-state index < -0.39 is 10.8 Å². The topological polar surface area (TPSA) is 95.7 Å². The van der Waals surface area contributed by atoms with E-state index in [1.807, 2.05) is 13.8 Å². The number of benzene rings is 1. The summed E-state index contributed by atoms with van der Waals surface area (Å²) in [6, 6.07) is 3.42. The van der Waals surface area contributed by atoms with Crippen LogP contribution in [0.5, 0.6) is 5.75 Å². The highest BCUT2D eigenvalue weighted by Gasteiger charge is 2.15. The molecule has 1 aromatic rings. The fourth-order valence-corrected chi connectivity index (χ4v) is 1.79. The van der Waals surface area contributed by atoms with Crippen LogP contribution in [0.4, 0.5) is 5.69 Å². The standard InChI is InChI=1S/C13H19N3O4/c1-3-15(4-2)8-7-14-13(18)11-6-5-10(16(19)20)9-12(11)17/h5-6,9,17H,3-4,7-8H2,1-2H3,(H,14,18). The third kappa shape index (κ3) is 4.20. The van der Waals surface area contributed by atoms with E-state index in [1.165, 1.54) is 12.1 Å². The van der Waals surface area contributed by atoms with Gasteiger partial charge in [0.2, 0.25) is 0 Å². The van der Waals surface area contributed by atoms with Gasteiger partial charge in [0, 0.05) is 19.2 Å². The average Bonchev–Trinajstić information content (AvgIpc) is 2.43. The van der Waals surface area contributed by atoms with E-state index in [0.717, 1.165) is 19.2 Å². The molecule has 0 aromatic heterocycles. The summed E-state index contributed by atoms with van der Waals surface area (Å²) in [6.07, 6.45) is 0. The van der Waals surface area contributed by atoms with Gasteiger partial charge in [-0.15, -0.1) is 0 Å². The van der Waals surface area contributed by atoms with Gasteiger partial charge in [0.25, 0.3) is 11.6 Å². The van der Waals surface area contributed by atoms with Crippen molar-refractivity contribution in [1.82, 2.24) is 10.2 Å². The highest BCUT2D eigenvalue weighted by molar-refractivity contribution is 5.97. The minimum Gasteiger partial charge on any atom is -0.507 e. The van der Waals surface area contributed by atoms with Gasteiger partial charge in [0.1, 0.15) is 5.75 Å². The van der Waals surface area contributed by atoms with E-state index in [0.29, 0.717) is 13.1 Å². The number of non-ortho nitro benzene ring substituents is 1. The molecule has 0 fully saturated rings. The predicted molar refractivity (Wildman–Crippen MR) is 74.9 cm³/mol. The number of hydrogen-bond acceptors (Lipinski definition) is 5. The molecule has 1 rings (SSSR count). The van der Waals surface area contributed by atoms with Gasteiger partial charge in [-0.3, -0.25) is 14.9 Å². The fraction of sp³-hybridized carbons (Fsp3) is 0.462. The Bertz CT molecular complexity index is 487. The number of amides is 1. The number of nitro benzene ring substituents is 1. The van der Waals surface area contributed by atoms with Crippen molar-refractivity contribution in [2.24, 2.45) is 0 Å². The van der Waals surface area contributed by atoms with Gasteiger partial charge in [-0.25, -0.2) is 0 Å². The van der Waals surface area contributed by atoms with E-state index in [2.05, 4.69) is 10.2 Å². The summed E-state index contributed by atoms with van der Waals surface area (Å²) < 4.78 is 0. The first kappa shape index (κ1) is 15.9. The maximum atomic E-state index is 11.8. The molecule has 0 spiro atoms. The predicted octanol–water partition coefficient (Wildman–Crippen LogP) is 1.37. The average molecular weight is 281 g/mol. The number of phenolic OH excluding ortho intramolecular Hbond substituents is 1. The number of nitrogens with zero attached hydrogens (tertiary/aromatic N) is 2. The molecule has 7 nitrogen and oxygen atoms in total. The Kier molecular flexibility index (Phi) is 5.92. The van der Waals surface area contributed by atoms with E-state index in [-0.39, 0.29) is 17.0 Å². The first-order chi connectivity index (χ1) is 9.49. The van der Waals surface area contributed by atoms with Crippen molar-refractivity contribution >= 4 is 11.6 Å². The quantitative estimate of drug-likeness (QED) is 0.581. The number of aromatic hydroxyl groups is 1. The third-order valence-corrected chi connectivity index (χ3v) is 3.04. The molecule has 0 atom stereocenters. The van der Waals surface area contributed by atoms with E-state index in [4.69, 9.17) is 0 Å². The Hall–Kier alpha value is -2.15. The van der Waals surface area contributed by atoms with Crippen LogP contribution in [-0.2, 0) is 0 Å². The van der Waals surface area contributed by atoms with Crippen LogP contribution in [0, 0.1) is 10.1 Å². The molecular weight excluding hydrogens is 262 g/mol. The number of phenols is 1.